The Bertz CT molecular complexity index is 69.3. The first-order valence-electron chi connectivity index (χ1n) is 3.55. The molecule has 0 spiro atoms. The fourth-order valence-electron chi connectivity index (χ4n) is 0.829. The first-order valence-corrected chi connectivity index (χ1v) is 4.00. The van der Waals surface area contributed by atoms with Gasteiger partial charge < -0.3 is 5.32 Å². The third-order valence-electron chi connectivity index (χ3n) is 1.82. The highest BCUT2D eigenvalue weighted by Gasteiger charge is 2.18. The molecule has 0 radical (unpaired) electrons. The second-order valence-corrected chi connectivity index (χ2v) is 3.41. The summed E-state index contributed by atoms with van der Waals surface area (Å²) < 4.78 is 0.217. The molecule has 0 fully saturated rings. The van der Waals surface area contributed by atoms with Crippen LogP contribution >= 0.6 is 12.6 Å². The van der Waals surface area contributed by atoms with Crippen molar-refractivity contribution in [3.8, 4) is 0 Å². The van der Waals surface area contributed by atoms with Gasteiger partial charge >= 0.3 is 0 Å². The van der Waals surface area contributed by atoms with Crippen LogP contribution in [0.1, 0.15) is 26.7 Å². The molecule has 0 atom stereocenters. The first-order chi connectivity index (χ1) is 4.18. The first kappa shape index (κ1) is 9.31. The van der Waals surface area contributed by atoms with Gasteiger partial charge in [-0.05, 0) is 19.9 Å². The van der Waals surface area contributed by atoms with Gasteiger partial charge in [0.05, 0.1) is 0 Å². The lowest BCUT2D eigenvalue weighted by molar-refractivity contribution is 0.523. The molecule has 56 valence electrons. The number of nitrogens with one attached hydrogen (secondary N) is 1. The molecule has 1 N–H and O–H groups in total. The lowest BCUT2D eigenvalue weighted by atomic mass is 10.0. The Morgan fingerprint density at radius 3 is 1.89 bits per heavy atom. The van der Waals surface area contributed by atoms with E-state index in [-0.39, 0.29) is 4.75 Å². The van der Waals surface area contributed by atoms with Crippen molar-refractivity contribution in [1.29, 1.82) is 0 Å². The van der Waals surface area contributed by atoms with Crippen molar-refractivity contribution < 1.29 is 0 Å². The Morgan fingerprint density at radius 2 is 1.78 bits per heavy atom. The SMILES string of the molecule is CCC(S)(CC)CNC. The van der Waals surface area contributed by atoms with E-state index in [1.165, 1.54) is 0 Å². The molecular weight excluding hydrogens is 130 g/mol. The fourth-order valence-corrected chi connectivity index (χ4v) is 0.987. The normalized spacial score (nSPS) is 12.0. The number of thiol groups is 1. The topological polar surface area (TPSA) is 12.0 Å². The summed E-state index contributed by atoms with van der Waals surface area (Å²) in [5, 5.41) is 3.13. The molecule has 0 aliphatic heterocycles. The molecule has 0 saturated heterocycles. The third-order valence-corrected chi connectivity index (χ3v) is 2.61. The average molecular weight is 147 g/mol. The second-order valence-electron chi connectivity index (χ2n) is 2.46. The zero-order valence-electron chi connectivity index (χ0n) is 6.57. The summed E-state index contributed by atoms with van der Waals surface area (Å²) in [4.78, 5) is 0. The van der Waals surface area contributed by atoms with Crippen molar-refractivity contribution in [3.63, 3.8) is 0 Å². The molecule has 0 heterocycles. The standard InChI is InChI=1S/C7H17NS/c1-4-7(9,5-2)6-8-3/h8-9H,4-6H2,1-3H3. The Kier molecular flexibility index (Phi) is 4.32. The summed E-state index contributed by atoms with van der Waals surface area (Å²) in [7, 11) is 1.97. The Morgan fingerprint density at radius 1 is 1.33 bits per heavy atom. The highest BCUT2D eigenvalue weighted by atomic mass is 32.1. The van der Waals surface area contributed by atoms with Crippen LogP contribution in [0.5, 0.6) is 0 Å². The van der Waals surface area contributed by atoms with E-state index < -0.39 is 0 Å². The van der Waals surface area contributed by atoms with Gasteiger partial charge in [0.1, 0.15) is 0 Å². The molecular formula is C7H17NS. The van der Waals surface area contributed by atoms with Crippen LogP contribution < -0.4 is 5.32 Å². The van der Waals surface area contributed by atoms with Crippen LogP contribution in [0.3, 0.4) is 0 Å². The Hall–Kier alpha value is 0.310. The molecule has 2 heteroatoms. The average Bonchev–Trinajstić information content (AvgIpc) is 1.89. The number of hydrogen-bond donors (Lipinski definition) is 2. The maximum Gasteiger partial charge on any atom is 0.0249 e. The summed E-state index contributed by atoms with van der Waals surface area (Å²) >= 11 is 4.54. The van der Waals surface area contributed by atoms with Crippen LogP contribution in [-0.2, 0) is 0 Å². The van der Waals surface area contributed by atoms with Crippen LogP contribution in [0.25, 0.3) is 0 Å². The van der Waals surface area contributed by atoms with Gasteiger partial charge in [0.2, 0.25) is 0 Å². The van der Waals surface area contributed by atoms with Crippen molar-refractivity contribution in [1.82, 2.24) is 5.32 Å². The minimum absolute atomic E-state index is 0.217. The second kappa shape index (κ2) is 4.18. The Labute approximate surface area is 63.6 Å². The maximum absolute atomic E-state index is 4.54. The molecule has 0 saturated carbocycles. The predicted octanol–water partition coefficient (Wildman–Crippen LogP) is 1.69. The van der Waals surface area contributed by atoms with E-state index in [1.807, 2.05) is 7.05 Å². The molecule has 1 nitrogen and oxygen atoms in total. The molecule has 0 aromatic carbocycles. The summed E-state index contributed by atoms with van der Waals surface area (Å²) in [5.74, 6) is 0. The smallest absolute Gasteiger partial charge is 0.0249 e. The number of rotatable bonds is 4. The van der Waals surface area contributed by atoms with E-state index in [1.54, 1.807) is 0 Å². The minimum atomic E-state index is 0.217. The van der Waals surface area contributed by atoms with Gasteiger partial charge in [-0.3, -0.25) is 0 Å². The highest BCUT2D eigenvalue weighted by molar-refractivity contribution is 7.81. The van der Waals surface area contributed by atoms with Gasteiger partial charge in [-0.1, -0.05) is 13.8 Å². The van der Waals surface area contributed by atoms with E-state index in [0.717, 1.165) is 19.4 Å². The fraction of sp³-hybridized carbons (Fsp3) is 1.00. The molecule has 0 aromatic heterocycles. The molecule has 9 heavy (non-hydrogen) atoms. The van der Waals surface area contributed by atoms with Crippen molar-refractivity contribution in [2.75, 3.05) is 13.6 Å². The van der Waals surface area contributed by atoms with Crippen LogP contribution in [0.4, 0.5) is 0 Å². The van der Waals surface area contributed by atoms with E-state index in [9.17, 15) is 0 Å². The van der Waals surface area contributed by atoms with Gasteiger partial charge in [-0.2, -0.15) is 12.6 Å². The van der Waals surface area contributed by atoms with Crippen LogP contribution in [-0.4, -0.2) is 18.3 Å². The largest absolute Gasteiger partial charge is 0.318 e. The molecule has 0 aromatic rings. The molecule has 0 aliphatic rings. The van der Waals surface area contributed by atoms with E-state index >= 15 is 0 Å². The van der Waals surface area contributed by atoms with Crippen molar-refractivity contribution >= 4 is 12.6 Å². The number of hydrogen-bond acceptors (Lipinski definition) is 2. The minimum Gasteiger partial charge on any atom is -0.318 e. The summed E-state index contributed by atoms with van der Waals surface area (Å²) in [6, 6.07) is 0. The summed E-state index contributed by atoms with van der Waals surface area (Å²) in [5.41, 5.74) is 0. The van der Waals surface area contributed by atoms with Gasteiger partial charge in [-0.15, -0.1) is 0 Å². The summed E-state index contributed by atoms with van der Waals surface area (Å²) in [6.07, 6.45) is 2.26. The van der Waals surface area contributed by atoms with Crippen LogP contribution in [0.15, 0.2) is 0 Å². The highest BCUT2D eigenvalue weighted by Crippen LogP contribution is 2.21. The molecule has 0 amide bonds. The lowest BCUT2D eigenvalue weighted by Crippen LogP contribution is -2.32. The molecule has 0 bridgehead atoms. The zero-order chi connectivity index (χ0) is 7.33. The lowest BCUT2D eigenvalue weighted by Gasteiger charge is -2.24. The monoisotopic (exact) mass is 147 g/mol. The zero-order valence-corrected chi connectivity index (χ0v) is 7.46. The molecule has 0 rings (SSSR count). The maximum atomic E-state index is 4.54. The van der Waals surface area contributed by atoms with Gasteiger partial charge in [-0.25, -0.2) is 0 Å². The van der Waals surface area contributed by atoms with Crippen LogP contribution in [0.2, 0.25) is 0 Å². The van der Waals surface area contributed by atoms with Crippen molar-refractivity contribution in [2.24, 2.45) is 0 Å². The van der Waals surface area contributed by atoms with E-state index in [2.05, 4.69) is 31.8 Å². The quantitative estimate of drug-likeness (QED) is 0.577. The molecule has 0 unspecified atom stereocenters. The Balaban J connectivity index is 3.62. The van der Waals surface area contributed by atoms with Crippen molar-refractivity contribution in [2.45, 2.75) is 31.4 Å². The van der Waals surface area contributed by atoms with E-state index in [4.69, 9.17) is 0 Å². The van der Waals surface area contributed by atoms with Crippen molar-refractivity contribution in [3.05, 3.63) is 0 Å². The van der Waals surface area contributed by atoms with Gasteiger partial charge in [0, 0.05) is 11.3 Å². The van der Waals surface area contributed by atoms with Gasteiger partial charge in [0.15, 0.2) is 0 Å². The summed E-state index contributed by atoms with van der Waals surface area (Å²) in [6.45, 7) is 5.35. The molecule has 0 aliphatic carbocycles. The van der Waals surface area contributed by atoms with Gasteiger partial charge in [0.25, 0.3) is 0 Å². The van der Waals surface area contributed by atoms with Crippen LogP contribution in [0, 0.1) is 0 Å². The predicted molar refractivity (Wildman–Crippen MR) is 46.2 cm³/mol. The third kappa shape index (κ3) is 3.11. The van der Waals surface area contributed by atoms with E-state index in [0.29, 0.717) is 0 Å².